The molecule has 3 rings (SSSR count). The molecule has 0 spiro atoms. The fraction of sp³-hybridized carbons (Fsp3) is 0.200. The van der Waals surface area contributed by atoms with Gasteiger partial charge in [-0.1, -0.05) is 18.2 Å². The second-order valence-corrected chi connectivity index (χ2v) is 6.19. The van der Waals surface area contributed by atoms with Crippen LogP contribution in [0.25, 0.3) is 5.69 Å². The number of carbonyl (C=O) groups is 1. The van der Waals surface area contributed by atoms with Crippen LogP contribution in [0.2, 0.25) is 0 Å². The number of anilines is 1. The van der Waals surface area contributed by atoms with E-state index in [4.69, 9.17) is 4.74 Å². The maximum Gasteiger partial charge on any atom is 0.269 e. The van der Waals surface area contributed by atoms with Crippen molar-refractivity contribution >= 4 is 17.3 Å². The number of carbonyl (C=O) groups excluding carboxylic acids is 1. The molecule has 8 nitrogen and oxygen atoms in total. The van der Waals surface area contributed by atoms with Crippen LogP contribution in [0, 0.1) is 24.0 Å². The lowest BCUT2D eigenvalue weighted by molar-refractivity contribution is -0.384. The van der Waals surface area contributed by atoms with E-state index in [2.05, 4.69) is 10.4 Å². The number of para-hydroxylation sites is 1. The molecule has 0 unspecified atom stereocenters. The van der Waals surface area contributed by atoms with Gasteiger partial charge in [-0.2, -0.15) is 5.10 Å². The predicted octanol–water partition coefficient (Wildman–Crippen LogP) is 3.80. The number of aromatic nitrogens is 2. The molecule has 0 bridgehead atoms. The van der Waals surface area contributed by atoms with Crippen molar-refractivity contribution < 1.29 is 14.5 Å². The van der Waals surface area contributed by atoms with Gasteiger partial charge in [0.15, 0.2) is 0 Å². The lowest BCUT2D eigenvalue weighted by atomic mass is 10.2. The third kappa shape index (κ3) is 4.35. The van der Waals surface area contributed by atoms with E-state index in [1.165, 1.54) is 24.3 Å². The molecule has 1 aromatic heterocycles. The number of rotatable bonds is 7. The van der Waals surface area contributed by atoms with E-state index in [1.54, 1.807) is 4.68 Å². The van der Waals surface area contributed by atoms with E-state index >= 15 is 0 Å². The number of amides is 1. The second kappa shape index (κ2) is 8.34. The summed E-state index contributed by atoms with van der Waals surface area (Å²) in [5.41, 5.74) is 3.17. The van der Waals surface area contributed by atoms with E-state index in [9.17, 15) is 14.9 Å². The first-order valence-corrected chi connectivity index (χ1v) is 8.74. The number of nitrogens with zero attached hydrogens (tertiary/aromatic N) is 3. The molecule has 0 saturated carbocycles. The average molecular weight is 380 g/mol. The fourth-order valence-electron chi connectivity index (χ4n) is 2.77. The Hall–Kier alpha value is -3.68. The molecule has 1 heterocycles. The summed E-state index contributed by atoms with van der Waals surface area (Å²) >= 11 is 0. The Balaban J connectivity index is 1.58. The molecule has 8 heteroatoms. The van der Waals surface area contributed by atoms with Gasteiger partial charge in [0.05, 0.1) is 40.7 Å². The Morgan fingerprint density at radius 3 is 2.46 bits per heavy atom. The van der Waals surface area contributed by atoms with Crippen LogP contribution in [-0.2, 0) is 4.79 Å². The number of hydrogen-bond donors (Lipinski definition) is 1. The first kappa shape index (κ1) is 19.1. The molecule has 0 fully saturated rings. The summed E-state index contributed by atoms with van der Waals surface area (Å²) in [4.78, 5) is 22.4. The zero-order valence-corrected chi connectivity index (χ0v) is 15.6. The van der Waals surface area contributed by atoms with Crippen molar-refractivity contribution in [3.05, 3.63) is 76.1 Å². The number of benzene rings is 2. The van der Waals surface area contributed by atoms with Crippen molar-refractivity contribution in [1.82, 2.24) is 9.78 Å². The van der Waals surface area contributed by atoms with Gasteiger partial charge in [-0.05, 0) is 38.1 Å². The molecule has 0 aliphatic carbocycles. The van der Waals surface area contributed by atoms with Gasteiger partial charge in [-0.3, -0.25) is 14.9 Å². The molecule has 0 radical (unpaired) electrons. The minimum Gasteiger partial charge on any atom is -0.493 e. The first-order valence-electron chi connectivity index (χ1n) is 8.74. The maximum absolute atomic E-state index is 12.3. The van der Waals surface area contributed by atoms with Crippen molar-refractivity contribution in [3.8, 4) is 11.4 Å². The zero-order valence-electron chi connectivity index (χ0n) is 15.6. The summed E-state index contributed by atoms with van der Waals surface area (Å²) in [6.07, 6.45) is 0.145. The number of nitro benzene ring substituents is 1. The van der Waals surface area contributed by atoms with Crippen LogP contribution in [-0.4, -0.2) is 27.2 Å². The van der Waals surface area contributed by atoms with Gasteiger partial charge in [0.25, 0.3) is 5.69 Å². The van der Waals surface area contributed by atoms with Gasteiger partial charge >= 0.3 is 0 Å². The van der Waals surface area contributed by atoms with Crippen LogP contribution in [0.4, 0.5) is 11.4 Å². The number of non-ortho nitro benzene ring substituents is 1. The monoisotopic (exact) mass is 380 g/mol. The third-order valence-electron chi connectivity index (χ3n) is 4.20. The number of aryl methyl sites for hydroxylation is 1. The Labute approximate surface area is 161 Å². The van der Waals surface area contributed by atoms with Gasteiger partial charge in [-0.15, -0.1) is 0 Å². The third-order valence-corrected chi connectivity index (χ3v) is 4.20. The van der Waals surface area contributed by atoms with Gasteiger partial charge in [-0.25, -0.2) is 4.68 Å². The summed E-state index contributed by atoms with van der Waals surface area (Å²) in [6, 6.07) is 15.4. The molecule has 0 atom stereocenters. The topological polar surface area (TPSA) is 99.3 Å². The van der Waals surface area contributed by atoms with E-state index in [0.29, 0.717) is 11.4 Å². The first-order chi connectivity index (χ1) is 13.5. The molecule has 1 amide bonds. The fourth-order valence-corrected chi connectivity index (χ4v) is 2.77. The number of ether oxygens (including phenoxy) is 1. The Morgan fingerprint density at radius 1 is 1.14 bits per heavy atom. The van der Waals surface area contributed by atoms with Crippen molar-refractivity contribution in [1.29, 1.82) is 0 Å². The van der Waals surface area contributed by atoms with Crippen LogP contribution >= 0.6 is 0 Å². The Bertz CT molecular complexity index is 981. The van der Waals surface area contributed by atoms with E-state index < -0.39 is 4.92 Å². The lowest BCUT2D eigenvalue weighted by Gasteiger charge is -2.08. The highest BCUT2D eigenvalue weighted by Gasteiger charge is 2.15. The van der Waals surface area contributed by atoms with E-state index in [1.807, 2.05) is 44.2 Å². The average Bonchev–Trinajstić information content (AvgIpc) is 2.97. The van der Waals surface area contributed by atoms with Crippen LogP contribution in [0.3, 0.4) is 0 Å². The SMILES string of the molecule is Cc1nn(-c2ccccc2)c(C)c1NC(=O)CCOc1ccc([N+](=O)[O-])cc1. The summed E-state index contributed by atoms with van der Waals surface area (Å²) < 4.78 is 7.27. The number of nitrogens with one attached hydrogen (secondary N) is 1. The maximum atomic E-state index is 12.3. The molecule has 144 valence electrons. The number of hydrogen-bond acceptors (Lipinski definition) is 5. The molecule has 3 aromatic rings. The standard InChI is InChI=1S/C20H20N4O4/c1-14-20(15(2)23(22-14)16-6-4-3-5-7-16)21-19(25)12-13-28-18-10-8-17(9-11-18)24(26)27/h3-11H,12-13H2,1-2H3,(H,21,25). The highest BCUT2D eigenvalue weighted by Crippen LogP contribution is 2.23. The van der Waals surface area contributed by atoms with Gasteiger partial charge in [0, 0.05) is 12.1 Å². The van der Waals surface area contributed by atoms with Crippen LogP contribution in [0.5, 0.6) is 5.75 Å². The molecule has 28 heavy (non-hydrogen) atoms. The normalized spacial score (nSPS) is 10.5. The van der Waals surface area contributed by atoms with E-state index in [-0.39, 0.29) is 24.6 Å². The summed E-state index contributed by atoms with van der Waals surface area (Å²) in [6.45, 7) is 3.90. The van der Waals surface area contributed by atoms with Gasteiger partial charge in [0.2, 0.25) is 5.91 Å². The Morgan fingerprint density at radius 2 is 1.82 bits per heavy atom. The molecular formula is C20H20N4O4. The van der Waals surface area contributed by atoms with Crippen LogP contribution in [0.1, 0.15) is 17.8 Å². The lowest BCUT2D eigenvalue weighted by Crippen LogP contribution is -2.16. The molecule has 1 N–H and O–H groups in total. The van der Waals surface area contributed by atoms with Gasteiger partial charge < -0.3 is 10.1 Å². The van der Waals surface area contributed by atoms with Crippen molar-refractivity contribution in [2.45, 2.75) is 20.3 Å². The molecule has 0 aliphatic heterocycles. The van der Waals surface area contributed by atoms with Crippen molar-refractivity contribution in [2.75, 3.05) is 11.9 Å². The highest BCUT2D eigenvalue weighted by molar-refractivity contribution is 5.92. The number of nitro groups is 1. The quantitative estimate of drug-likeness (QED) is 0.496. The van der Waals surface area contributed by atoms with Crippen LogP contribution < -0.4 is 10.1 Å². The molecule has 0 saturated heterocycles. The zero-order chi connectivity index (χ0) is 20.1. The predicted molar refractivity (Wildman–Crippen MR) is 105 cm³/mol. The minimum atomic E-state index is -0.475. The highest BCUT2D eigenvalue weighted by atomic mass is 16.6. The van der Waals surface area contributed by atoms with Gasteiger partial charge in [0.1, 0.15) is 5.75 Å². The largest absolute Gasteiger partial charge is 0.493 e. The summed E-state index contributed by atoms with van der Waals surface area (Å²) in [7, 11) is 0. The summed E-state index contributed by atoms with van der Waals surface area (Å²) in [5.74, 6) is 0.281. The van der Waals surface area contributed by atoms with Crippen LogP contribution in [0.15, 0.2) is 54.6 Å². The van der Waals surface area contributed by atoms with Crippen molar-refractivity contribution in [3.63, 3.8) is 0 Å². The molecule has 2 aromatic carbocycles. The minimum absolute atomic E-state index is 0.00790. The van der Waals surface area contributed by atoms with Crippen molar-refractivity contribution in [2.24, 2.45) is 0 Å². The smallest absolute Gasteiger partial charge is 0.269 e. The van der Waals surface area contributed by atoms with E-state index in [0.717, 1.165) is 17.1 Å². The molecular weight excluding hydrogens is 360 g/mol. The Kier molecular flexibility index (Phi) is 5.69. The second-order valence-electron chi connectivity index (χ2n) is 6.19. The molecule has 0 aliphatic rings. The summed E-state index contributed by atoms with van der Waals surface area (Å²) in [5, 5.41) is 18.0.